The summed E-state index contributed by atoms with van der Waals surface area (Å²) in [5.41, 5.74) is 7.80. The first-order valence-electron chi connectivity index (χ1n) is 8.48. The fourth-order valence-electron chi connectivity index (χ4n) is 3.89. The van der Waals surface area contributed by atoms with E-state index in [0.29, 0.717) is 12.1 Å². The van der Waals surface area contributed by atoms with Gasteiger partial charge in [0.2, 0.25) is 0 Å². The largest absolute Gasteiger partial charge is 0.326 e. The summed E-state index contributed by atoms with van der Waals surface area (Å²) in [5, 5.41) is 0. The van der Waals surface area contributed by atoms with Crippen LogP contribution in [0.5, 0.6) is 0 Å². The van der Waals surface area contributed by atoms with Crippen LogP contribution in [0.15, 0.2) is 30.3 Å². The van der Waals surface area contributed by atoms with Crippen LogP contribution in [0.1, 0.15) is 31.7 Å². The molecule has 3 atom stereocenters. The lowest BCUT2D eigenvalue weighted by molar-refractivity contribution is 0.0559. The maximum Gasteiger partial charge on any atom is 0.0250 e. The molecular formula is C18H29N3. The Morgan fingerprint density at radius 2 is 1.76 bits per heavy atom. The fraction of sp³-hybridized carbons (Fsp3) is 0.667. The van der Waals surface area contributed by atoms with Gasteiger partial charge < -0.3 is 5.73 Å². The normalized spacial score (nSPS) is 32.2. The van der Waals surface area contributed by atoms with Crippen LogP contribution in [0.3, 0.4) is 0 Å². The Labute approximate surface area is 129 Å². The zero-order chi connectivity index (χ0) is 14.7. The van der Waals surface area contributed by atoms with Crippen LogP contribution < -0.4 is 5.73 Å². The van der Waals surface area contributed by atoms with E-state index in [1.165, 1.54) is 51.0 Å². The molecule has 0 radical (unpaired) electrons. The van der Waals surface area contributed by atoms with Gasteiger partial charge >= 0.3 is 0 Å². The molecule has 3 nitrogen and oxygen atoms in total. The second-order valence-corrected chi connectivity index (χ2v) is 6.95. The van der Waals surface area contributed by atoms with Crippen LogP contribution in [0.25, 0.3) is 0 Å². The van der Waals surface area contributed by atoms with Gasteiger partial charge in [0.05, 0.1) is 0 Å². The predicted molar refractivity (Wildman–Crippen MR) is 88.1 cm³/mol. The number of piperazine rings is 1. The van der Waals surface area contributed by atoms with Crippen molar-refractivity contribution in [2.75, 3.05) is 26.2 Å². The molecule has 116 valence electrons. The molecule has 0 bridgehead atoms. The summed E-state index contributed by atoms with van der Waals surface area (Å²) in [5.74, 6) is 0.845. The van der Waals surface area contributed by atoms with Gasteiger partial charge in [-0.15, -0.1) is 0 Å². The molecule has 3 heteroatoms. The zero-order valence-corrected chi connectivity index (χ0v) is 13.2. The zero-order valence-electron chi connectivity index (χ0n) is 13.2. The van der Waals surface area contributed by atoms with Crippen LogP contribution in [0.4, 0.5) is 0 Å². The van der Waals surface area contributed by atoms with Gasteiger partial charge in [-0.3, -0.25) is 9.80 Å². The first-order chi connectivity index (χ1) is 10.2. The summed E-state index contributed by atoms with van der Waals surface area (Å²) < 4.78 is 0. The first kappa shape index (κ1) is 15.0. The summed E-state index contributed by atoms with van der Waals surface area (Å²) in [6, 6.07) is 11.8. The third kappa shape index (κ3) is 3.85. The summed E-state index contributed by atoms with van der Waals surface area (Å²) in [6.45, 7) is 8.17. The molecular weight excluding hydrogens is 258 g/mol. The Morgan fingerprint density at radius 3 is 2.48 bits per heavy atom. The highest BCUT2D eigenvalue weighted by atomic mass is 15.3. The average Bonchev–Trinajstić information content (AvgIpc) is 2.52. The Kier molecular flexibility index (Phi) is 4.94. The van der Waals surface area contributed by atoms with Gasteiger partial charge in [-0.2, -0.15) is 0 Å². The van der Waals surface area contributed by atoms with E-state index in [0.717, 1.165) is 12.5 Å². The van der Waals surface area contributed by atoms with E-state index in [4.69, 9.17) is 5.73 Å². The van der Waals surface area contributed by atoms with Gasteiger partial charge in [0.1, 0.15) is 0 Å². The number of hydrogen-bond donors (Lipinski definition) is 1. The lowest BCUT2D eigenvalue weighted by atomic mass is 9.83. The van der Waals surface area contributed by atoms with Gasteiger partial charge in [0, 0.05) is 44.8 Å². The second kappa shape index (κ2) is 6.91. The highest BCUT2D eigenvalue weighted by Gasteiger charge is 2.32. The molecule has 1 aromatic carbocycles. The van der Waals surface area contributed by atoms with Crippen molar-refractivity contribution in [3.05, 3.63) is 35.9 Å². The lowest BCUT2D eigenvalue weighted by Crippen LogP contribution is -2.57. The fourth-order valence-corrected chi connectivity index (χ4v) is 3.89. The number of rotatable bonds is 3. The van der Waals surface area contributed by atoms with Gasteiger partial charge in [-0.1, -0.05) is 37.3 Å². The van der Waals surface area contributed by atoms with E-state index in [-0.39, 0.29) is 0 Å². The molecule has 2 fully saturated rings. The molecule has 0 amide bonds. The van der Waals surface area contributed by atoms with Crippen molar-refractivity contribution in [2.45, 2.75) is 44.8 Å². The van der Waals surface area contributed by atoms with E-state index in [1.54, 1.807) is 0 Å². The molecule has 0 aromatic heterocycles. The molecule has 3 unspecified atom stereocenters. The Bertz CT molecular complexity index is 425. The van der Waals surface area contributed by atoms with E-state index in [2.05, 4.69) is 47.1 Å². The standard InChI is InChI=1S/C18H29N3/c1-15-7-8-17(19)18(13-15)21-11-9-20(10-12-21)14-16-5-3-2-4-6-16/h2-6,15,17-18H,7-14,19H2,1H3. The predicted octanol–water partition coefficient (Wildman–Crippen LogP) is 2.32. The van der Waals surface area contributed by atoms with Crippen LogP contribution in [-0.2, 0) is 6.54 Å². The quantitative estimate of drug-likeness (QED) is 0.926. The van der Waals surface area contributed by atoms with Gasteiger partial charge in [0.15, 0.2) is 0 Å². The molecule has 2 aliphatic rings. The van der Waals surface area contributed by atoms with Crippen LogP contribution in [0.2, 0.25) is 0 Å². The van der Waals surface area contributed by atoms with Crippen molar-refractivity contribution in [2.24, 2.45) is 11.7 Å². The minimum absolute atomic E-state index is 0.391. The monoisotopic (exact) mass is 287 g/mol. The van der Waals surface area contributed by atoms with Crippen LogP contribution in [0, 0.1) is 5.92 Å². The first-order valence-corrected chi connectivity index (χ1v) is 8.48. The topological polar surface area (TPSA) is 32.5 Å². The maximum absolute atomic E-state index is 6.37. The van der Waals surface area contributed by atoms with Crippen molar-refractivity contribution in [3.63, 3.8) is 0 Å². The molecule has 1 aromatic rings. The van der Waals surface area contributed by atoms with Crippen molar-refractivity contribution >= 4 is 0 Å². The number of nitrogens with zero attached hydrogens (tertiary/aromatic N) is 2. The molecule has 21 heavy (non-hydrogen) atoms. The van der Waals surface area contributed by atoms with Gasteiger partial charge in [-0.05, 0) is 30.7 Å². The van der Waals surface area contributed by atoms with E-state index < -0.39 is 0 Å². The third-order valence-electron chi connectivity index (χ3n) is 5.26. The summed E-state index contributed by atoms with van der Waals surface area (Å²) in [7, 11) is 0. The van der Waals surface area contributed by atoms with E-state index in [9.17, 15) is 0 Å². The molecule has 1 saturated heterocycles. The highest BCUT2D eigenvalue weighted by Crippen LogP contribution is 2.27. The average molecular weight is 287 g/mol. The minimum Gasteiger partial charge on any atom is -0.326 e. The van der Waals surface area contributed by atoms with Crippen molar-refractivity contribution in [1.29, 1.82) is 0 Å². The number of hydrogen-bond acceptors (Lipinski definition) is 3. The molecule has 1 saturated carbocycles. The summed E-state index contributed by atoms with van der Waals surface area (Å²) in [4.78, 5) is 5.23. The number of benzene rings is 1. The SMILES string of the molecule is CC1CCC(N)C(N2CCN(Cc3ccccc3)CC2)C1. The number of nitrogens with two attached hydrogens (primary N) is 1. The van der Waals surface area contributed by atoms with Crippen molar-refractivity contribution in [1.82, 2.24) is 9.80 Å². The Morgan fingerprint density at radius 1 is 1.05 bits per heavy atom. The Hall–Kier alpha value is -0.900. The molecule has 1 aliphatic heterocycles. The maximum atomic E-state index is 6.37. The smallest absolute Gasteiger partial charge is 0.0250 e. The second-order valence-electron chi connectivity index (χ2n) is 6.95. The van der Waals surface area contributed by atoms with E-state index >= 15 is 0 Å². The van der Waals surface area contributed by atoms with Gasteiger partial charge in [0.25, 0.3) is 0 Å². The van der Waals surface area contributed by atoms with Gasteiger partial charge in [-0.25, -0.2) is 0 Å². The highest BCUT2D eigenvalue weighted by molar-refractivity contribution is 5.14. The van der Waals surface area contributed by atoms with Crippen molar-refractivity contribution < 1.29 is 0 Å². The third-order valence-corrected chi connectivity index (χ3v) is 5.26. The lowest BCUT2D eigenvalue weighted by Gasteiger charge is -2.44. The summed E-state index contributed by atoms with van der Waals surface area (Å²) in [6.07, 6.45) is 3.81. The molecule has 0 spiro atoms. The summed E-state index contributed by atoms with van der Waals surface area (Å²) >= 11 is 0. The minimum atomic E-state index is 0.391. The Balaban J connectivity index is 1.50. The molecule has 1 aliphatic carbocycles. The molecule has 2 N–H and O–H groups in total. The van der Waals surface area contributed by atoms with Crippen molar-refractivity contribution in [3.8, 4) is 0 Å². The van der Waals surface area contributed by atoms with E-state index in [1.807, 2.05) is 0 Å². The molecule has 3 rings (SSSR count). The van der Waals surface area contributed by atoms with Crippen LogP contribution >= 0.6 is 0 Å². The molecule has 1 heterocycles. The van der Waals surface area contributed by atoms with Crippen LogP contribution in [-0.4, -0.2) is 48.1 Å².